The Morgan fingerprint density at radius 1 is 1.06 bits per heavy atom. The zero-order chi connectivity index (χ0) is 24.2. The number of fused-ring (bicyclic) bond motifs is 1. The highest BCUT2D eigenvalue weighted by atomic mass is 19.1. The Morgan fingerprint density at radius 3 is 2.65 bits per heavy atom. The number of carbonyl (C=O) groups is 2. The number of hydrogen-bond donors (Lipinski definition) is 2. The monoisotopic (exact) mass is 463 g/mol. The fraction of sp³-hybridized carbons (Fsp3) is 0.385. The number of rotatable bonds is 6. The van der Waals surface area contributed by atoms with Crippen molar-refractivity contribution < 1.29 is 14.0 Å². The lowest BCUT2D eigenvalue weighted by molar-refractivity contribution is -0.118. The van der Waals surface area contributed by atoms with Crippen LogP contribution >= 0.6 is 0 Å². The molecular weight excluding hydrogens is 433 g/mol. The summed E-state index contributed by atoms with van der Waals surface area (Å²) in [5.74, 6) is 0.0132. The van der Waals surface area contributed by atoms with Gasteiger partial charge in [-0.25, -0.2) is 4.39 Å². The molecule has 3 aromatic rings. The Labute approximate surface area is 198 Å². The van der Waals surface area contributed by atoms with Crippen molar-refractivity contribution >= 4 is 17.5 Å². The summed E-state index contributed by atoms with van der Waals surface area (Å²) in [6, 6.07) is 10.9. The van der Waals surface area contributed by atoms with E-state index >= 15 is 0 Å². The largest absolute Gasteiger partial charge is 0.340 e. The molecule has 0 aliphatic carbocycles. The van der Waals surface area contributed by atoms with Crippen LogP contribution in [0.5, 0.6) is 0 Å². The number of halogens is 1. The fourth-order valence-corrected chi connectivity index (χ4v) is 4.22. The van der Waals surface area contributed by atoms with Gasteiger partial charge in [-0.3, -0.25) is 9.59 Å². The van der Waals surface area contributed by atoms with E-state index in [1.54, 1.807) is 30.3 Å². The van der Waals surface area contributed by atoms with Gasteiger partial charge >= 0.3 is 0 Å². The summed E-state index contributed by atoms with van der Waals surface area (Å²) in [7, 11) is 0. The third kappa shape index (κ3) is 5.16. The number of carbonyl (C=O) groups excluding carboxylic acids is 2. The van der Waals surface area contributed by atoms with E-state index in [0.29, 0.717) is 17.0 Å². The smallest absolute Gasteiger partial charge is 0.251 e. The molecule has 2 amide bonds. The van der Waals surface area contributed by atoms with Gasteiger partial charge in [0.25, 0.3) is 5.91 Å². The molecule has 1 atom stereocenters. The maximum atomic E-state index is 14.7. The molecule has 7 nitrogen and oxygen atoms in total. The molecule has 2 N–H and O–H groups in total. The number of anilines is 1. The molecule has 34 heavy (non-hydrogen) atoms. The first-order valence-corrected chi connectivity index (χ1v) is 11.7. The number of benzene rings is 2. The number of nitrogens with zero attached hydrogens (tertiary/aromatic N) is 3. The van der Waals surface area contributed by atoms with Gasteiger partial charge in [-0.1, -0.05) is 38.0 Å². The van der Waals surface area contributed by atoms with Gasteiger partial charge in [0.1, 0.15) is 17.7 Å². The molecule has 0 fully saturated rings. The summed E-state index contributed by atoms with van der Waals surface area (Å²) in [6.07, 6.45) is 4.13. The van der Waals surface area contributed by atoms with Crippen LogP contribution in [0.15, 0.2) is 42.5 Å². The van der Waals surface area contributed by atoms with E-state index in [4.69, 9.17) is 0 Å². The molecule has 1 aromatic heterocycles. The third-order valence-electron chi connectivity index (χ3n) is 6.11. The molecule has 0 spiro atoms. The topological polar surface area (TPSA) is 88.9 Å². The minimum absolute atomic E-state index is 0.0453. The van der Waals surface area contributed by atoms with Gasteiger partial charge in [0.05, 0.1) is 5.69 Å². The molecule has 1 aliphatic heterocycles. The molecular formula is C26H30FN5O2. The highest BCUT2D eigenvalue weighted by Crippen LogP contribution is 2.27. The lowest BCUT2D eigenvalue weighted by Gasteiger charge is -2.22. The summed E-state index contributed by atoms with van der Waals surface area (Å²) >= 11 is 0. The Balaban J connectivity index is 1.54. The maximum Gasteiger partial charge on any atom is 0.251 e. The predicted molar refractivity (Wildman–Crippen MR) is 129 cm³/mol. The van der Waals surface area contributed by atoms with E-state index in [9.17, 15) is 14.0 Å². The predicted octanol–water partition coefficient (Wildman–Crippen LogP) is 4.51. The van der Waals surface area contributed by atoms with Crippen molar-refractivity contribution in [3.05, 3.63) is 65.2 Å². The number of aromatic nitrogens is 3. The summed E-state index contributed by atoms with van der Waals surface area (Å²) in [4.78, 5) is 25.8. The first-order chi connectivity index (χ1) is 16.3. The Bertz CT molecular complexity index is 1200. The van der Waals surface area contributed by atoms with Crippen LogP contribution < -0.4 is 10.6 Å². The minimum Gasteiger partial charge on any atom is -0.340 e. The van der Waals surface area contributed by atoms with Crippen molar-refractivity contribution in [2.24, 2.45) is 5.92 Å². The molecule has 0 radical (unpaired) electrons. The van der Waals surface area contributed by atoms with Gasteiger partial charge in [0, 0.05) is 24.1 Å². The summed E-state index contributed by atoms with van der Waals surface area (Å²) in [6.45, 7) is 6.38. The molecule has 178 valence electrons. The second-order valence-electron chi connectivity index (χ2n) is 9.15. The van der Waals surface area contributed by atoms with Crippen LogP contribution in [-0.2, 0) is 17.8 Å². The van der Waals surface area contributed by atoms with E-state index in [2.05, 4.69) is 25.4 Å². The quantitative estimate of drug-likeness (QED) is 0.563. The average Bonchev–Trinajstić information content (AvgIpc) is 3.06. The van der Waals surface area contributed by atoms with Crippen molar-refractivity contribution in [1.82, 2.24) is 20.1 Å². The molecule has 0 bridgehead atoms. The zero-order valence-electron chi connectivity index (χ0n) is 19.8. The Morgan fingerprint density at radius 2 is 1.88 bits per heavy atom. The van der Waals surface area contributed by atoms with Crippen LogP contribution in [0.3, 0.4) is 0 Å². The van der Waals surface area contributed by atoms with E-state index in [1.165, 1.54) is 6.07 Å². The molecule has 1 aliphatic rings. The van der Waals surface area contributed by atoms with Crippen LogP contribution in [-0.4, -0.2) is 32.6 Å². The summed E-state index contributed by atoms with van der Waals surface area (Å²) in [5, 5.41) is 14.1. The van der Waals surface area contributed by atoms with Gasteiger partial charge in [-0.15, -0.1) is 10.2 Å². The maximum absolute atomic E-state index is 14.7. The van der Waals surface area contributed by atoms with Crippen molar-refractivity contribution in [2.75, 3.05) is 5.32 Å². The lowest BCUT2D eigenvalue weighted by Crippen LogP contribution is -2.47. The van der Waals surface area contributed by atoms with Gasteiger partial charge in [-0.05, 0) is 56.0 Å². The normalized spacial score (nSPS) is 14.3. The Hall–Kier alpha value is -3.55. The van der Waals surface area contributed by atoms with E-state index in [0.717, 1.165) is 43.6 Å². The van der Waals surface area contributed by atoms with Crippen molar-refractivity contribution in [1.29, 1.82) is 0 Å². The highest BCUT2D eigenvalue weighted by Gasteiger charge is 2.26. The minimum atomic E-state index is -0.833. The summed E-state index contributed by atoms with van der Waals surface area (Å²) in [5.41, 5.74) is 2.15. The van der Waals surface area contributed by atoms with Crippen LogP contribution in [0.4, 0.5) is 10.1 Å². The second kappa shape index (κ2) is 10.2. The summed E-state index contributed by atoms with van der Waals surface area (Å²) < 4.78 is 16.7. The van der Waals surface area contributed by atoms with Gasteiger partial charge in [0.2, 0.25) is 5.91 Å². The molecule has 0 saturated carbocycles. The molecule has 4 rings (SSSR count). The van der Waals surface area contributed by atoms with E-state index in [1.807, 2.05) is 26.8 Å². The van der Waals surface area contributed by atoms with E-state index in [-0.39, 0.29) is 17.5 Å². The fourth-order valence-electron chi connectivity index (χ4n) is 4.22. The Kier molecular flexibility index (Phi) is 7.05. The van der Waals surface area contributed by atoms with Crippen molar-refractivity contribution in [3.8, 4) is 11.4 Å². The van der Waals surface area contributed by atoms with Gasteiger partial charge in [0.15, 0.2) is 5.82 Å². The second-order valence-corrected chi connectivity index (χ2v) is 9.15. The molecule has 0 saturated heterocycles. The number of hydrogen-bond acceptors (Lipinski definition) is 4. The lowest BCUT2D eigenvalue weighted by atomic mass is 10.0. The van der Waals surface area contributed by atoms with Crippen LogP contribution in [0.1, 0.15) is 54.9 Å². The van der Waals surface area contributed by atoms with Crippen molar-refractivity contribution in [2.45, 2.75) is 59.0 Å². The van der Waals surface area contributed by atoms with Gasteiger partial charge in [-0.2, -0.15) is 0 Å². The zero-order valence-corrected chi connectivity index (χ0v) is 19.8. The van der Waals surface area contributed by atoms with Crippen LogP contribution in [0.25, 0.3) is 11.4 Å². The molecule has 2 heterocycles. The molecule has 8 heteroatoms. The third-order valence-corrected chi connectivity index (χ3v) is 6.11. The first-order valence-electron chi connectivity index (χ1n) is 11.7. The molecule has 2 aromatic carbocycles. The van der Waals surface area contributed by atoms with Crippen LogP contribution in [0.2, 0.25) is 0 Å². The van der Waals surface area contributed by atoms with Gasteiger partial charge < -0.3 is 15.2 Å². The van der Waals surface area contributed by atoms with Crippen LogP contribution in [0, 0.1) is 18.7 Å². The average molecular weight is 464 g/mol. The van der Waals surface area contributed by atoms with E-state index < -0.39 is 17.8 Å². The molecule has 1 unspecified atom stereocenters. The SMILES string of the molecule is Cc1cccc(C(=O)NC(C(=O)Nc2cc(-c3nnc4n3CCCCC4)ccc2F)C(C)C)c1. The number of aryl methyl sites for hydroxylation is 2. The van der Waals surface area contributed by atoms with Crippen molar-refractivity contribution in [3.63, 3.8) is 0 Å². The highest BCUT2D eigenvalue weighted by molar-refractivity contribution is 6.01. The number of amides is 2. The number of nitrogens with one attached hydrogen (secondary N) is 2. The standard InChI is InChI=1S/C26H30FN5O2/c1-16(2)23(29-25(33)19-9-7-8-17(3)14-19)26(34)28-21-15-18(11-12-20(21)27)24-31-30-22-10-5-4-6-13-32(22)24/h7-9,11-12,14-16,23H,4-6,10,13H2,1-3H3,(H,28,34)(H,29,33). The first kappa shape index (κ1) is 23.6.